The number of pyridine rings is 1. The number of fused-ring (bicyclic) bond motifs is 2. The molecule has 8 nitrogen and oxygen atoms in total. The normalized spacial score (nSPS) is 16.5. The molecular weight excluding hydrogens is 500 g/mol. The van der Waals surface area contributed by atoms with E-state index in [1.165, 1.54) is 11.8 Å². The van der Waals surface area contributed by atoms with Crippen LogP contribution < -0.4 is 0 Å². The first-order valence-corrected chi connectivity index (χ1v) is 13.1. The van der Waals surface area contributed by atoms with E-state index in [-0.39, 0.29) is 21.9 Å². The van der Waals surface area contributed by atoms with Crippen LogP contribution in [0.25, 0.3) is 22.6 Å². The van der Waals surface area contributed by atoms with E-state index in [9.17, 15) is 20.0 Å². The number of aromatic carboxylic acids is 1. The molecule has 0 saturated carbocycles. The van der Waals surface area contributed by atoms with Gasteiger partial charge in [-0.3, -0.25) is 10.1 Å². The Bertz CT molecular complexity index is 1620. The average molecular weight is 529 g/mol. The lowest BCUT2D eigenvalue weighted by atomic mass is 9.69. The summed E-state index contributed by atoms with van der Waals surface area (Å²) in [5.41, 5.74) is 3.78. The van der Waals surface area contributed by atoms with E-state index in [1.54, 1.807) is 30.6 Å². The minimum absolute atomic E-state index is 0.00606. The summed E-state index contributed by atoms with van der Waals surface area (Å²) < 4.78 is 1.81. The number of para-hydroxylation sites is 1. The van der Waals surface area contributed by atoms with Crippen LogP contribution in [-0.4, -0.2) is 30.5 Å². The van der Waals surface area contributed by atoms with E-state index in [0.29, 0.717) is 50.6 Å². The molecule has 0 radical (unpaired) electrons. The molecule has 4 aromatic rings. The van der Waals surface area contributed by atoms with Crippen molar-refractivity contribution in [3.63, 3.8) is 0 Å². The van der Waals surface area contributed by atoms with Crippen LogP contribution >= 0.6 is 11.8 Å². The summed E-state index contributed by atoms with van der Waals surface area (Å²) in [6.07, 6.45) is 6.67. The minimum atomic E-state index is -0.972. The summed E-state index contributed by atoms with van der Waals surface area (Å²) in [5.74, 6) is -0.796. The van der Waals surface area contributed by atoms with Gasteiger partial charge in [0.25, 0.3) is 5.69 Å². The second kappa shape index (κ2) is 9.72. The van der Waals surface area contributed by atoms with Crippen LogP contribution in [0.5, 0.6) is 0 Å². The number of carbonyl (C=O) groups is 1. The molecule has 9 heteroatoms. The Morgan fingerprint density at radius 3 is 2.63 bits per heavy atom. The molecule has 38 heavy (non-hydrogen) atoms. The first kappa shape index (κ1) is 25.7. The first-order chi connectivity index (χ1) is 18.0. The van der Waals surface area contributed by atoms with E-state index in [4.69, 9.17) is 4.98 Å². The van der Waals surface area contributed by atoms with Crippen LogP contribution in [0.15, 0.2) is 64.9 Å². The van der Waals surface area contributed by atoms with Crippen molar-refractivity contribution >= 4 is 46.0 Å². The molecule has 1 atom stereocenters. The van der Waals surface area contributed by atoms with Crippen molar-refractivity contribution in [2.24, 2.45) is 18.4 Å². The minimum Gasteiger partial charge on any atom is -0.478 e. The summed E-state index contributed by atoms with van der Waals surface area (Å²) >= 11 is 1.24. The summed E-state index contributed by atoms with van der Waals surface area (Å²) in [4.78, 5) is 33.8. The Labute approximate surface area is 224 Å². The fraction of sp³-hybridized carbons (Fsp3) is 0.276. The smallest absolute Gasteiger partial charge is 0.336 e. The molecule has 0 aliphatic heterocycles. The van der Waals surface area contributed by atoms with Gasteiger partial charge in [-0.2, -0.15) is 0 Å². The van der Waals surface area contributed by atoms with Crippen molar-refractivity contribution in [1.29, 1.82) is 0 Å². The van der Waals surface area contributed by atoms with Crippen molar-refractivity contribution in [3.05, 3.63) is 87.4 Å². The van der Waals surface area contributed by atoms with E-state index in [0.717, 1.165) is 11.1 Å². The fourth-order valence-corrected chi connectivity index (χ4v) is 5.87. The van der Waals surface area contributed by atoms with Crippen molar-refractivity contribution in [3.8, 4) is 0 Å². The second-order valence-electron chi connectivity index (χ2n) is 10.7. The molecular formula is C29H28N4O4S. The Balaban J connectivity index is 1.67. The molecule has 2 aromatic heterocycles. The van der Waals surface area contributed by atoms with Crippen LogP contribution in [0, 0.1) is 21.4 Å². The first-order valence-electron chi connectivity index (χ1n) is 12.3. The van der Waals surface area contributed by atoms with Crippen LogP contribution in [0.1, 0.15) is 54.4 Å². The van der Waals surface area contributed by atoms with Gasteiger partial charge in [0.1, 0.15) is 0 Å². The number of nitro groups is 1. The van der Waals surface area contributed by atoms with Gasteiger partial charge in [0.2, 0.25) is 0 Å². The highest BCUT2D eigenvalue weighted by Gasteiger charge is 2.35. The third kappa shape index (κ3) is 4.81. The van der Waals surface area contributed by atoms with Gasteiger partial charge >= 0.3 is 5.97 Å². The zero-order valence-electron chi connectivity index (χ0n) is 21.6. The molecule has 2 heterocycles. The fourth-order valence-electron chi connectivity index (χ4n) is 4.98. The van der Waals surface area contributed by atoms with E-state index < -0.39 is 5.97 Å². The number of imidazole rings is 1. The van der Waals surface area contributed by atoms with Crippen LogP contribution in [0.2, 0.25) is 0 Å². The summed E-state index contributed by atoms with van der Waals surface area (Å²) in [6.45, 7) is 6.47. The number of aryl methyl sites for hydroxylation is 1. The molecule has 5 rings (SSSR count). The summed E-state index contributed by atoms with van der Waals surface area (Å²) in [6, 6.07) is 12.5. The number of nitrogens with zero attached hydrogens (tertiary/aromatic N) is 4. The maximum Gasteiger partial charge on any atom is 0.336 e. The van der Waals surface area contributed by atoms with Crippen molar-refractivity contribution in [2.45, 2.75) is 43.7 Å². The van der Waals surface area contributed by atoms with Gasteiger partial charge in [-0.05, 0) is 70.8 Å². The molecule has 194 valence electrons. The molecule has 1 unspecified atom stereocenters. The monoisotopic (exact) mass is 528 g/mol. The van der Waals surface area contributed by atoms with E-state index in [1.807, 2.05) is 42.0 Å². The van der Waals surface area contributed by atoms with Crippen LogP contribution in [-0.2, 0) is 13.5 Å². The number of aromatic nitrogens is 3. The number of hydrogen-bond donors (Lipinski definition) is 1. The Morgan fingerprint density at radius 2 is 1.97 bits per heavy atom. The number of hydrogen-bond acceptors (Lipinski definition) is 6. The number of nitro benzene ring substituents is 1. The van der Waals surface area contributed by atoms with E-state index in [2.05, 4.69) is 25.8 Å². The predicted octanol–water partition coefficient (Wildman–Crippen LogP) is 6.88. The van der Waals surface area contributed by atoms with Gasteiger partial charge in [-0.25, -0.2) is 14.8 Å². The van der Waals surface area contributed by atoms with Crippen molar-refractivity contribution in [1.82, 2.24) is 14.5 Å². The van der Waals surface area contributed by atoms with Crippen molar-refractivity contribution in [2.75, 3.05) is 0 Å². The quantitative estimate of drug-likeness (QED) is 0.222. The highest BCUT2D eigenvalue weighted by molar-refractivity contribution is 7.99. The molecule has 0 amide bonds. The summed E-state index contributed by atoms with van der Waals surface area (Å²) in [7, 11) is 1.84. The molecule has 1 aliphatic carbocycles. The van der Waals surface area contributed by atoms with Gasteiger partial charge in [0.05, 0.1) is 26.6 Å². The Kier molecular flexibility index (Phi) is 6.56. The maximum atomic E-state index is 12.5. The SMILES string of the molecule is Cn1ccnc1Sc1ccc(C=C2CC(C(C)(C)C)Cc3c2nc2ccccc2c3C(=O)O)cc1[N+](=O)[O-]. The topological polar surface area (TPSA) is 111 Å². The second-order valence-corrected chi connectivity index (χ2v) is 11.7. The lowest BCUT2D eigenvalue weighted by molar-refractivity contribution is -0.387. The number of carboxylic acid groups (broad SMARTS) is 1. The molecule has 2 aromatic carbocycles. The number of carboxylic acids is 1. The highest BCUT2D eigenvalue weighted by atomic mass is 32.2. The van der Waals surface area contributed by atoms with Crippen LogP contribution in [0.4, 0.5) is 5.69 Å². The van der Waals surface area contributed by atoms with Gasteiger partial charge in [0, 0.05) is 30.9 Å². The van der Waals surface area contributed by atoms with E-state index >= 15 is 0 Å². The largest absolute Gasteiger partial charge is 0.478 e. The zero-order chi connectivity index (χ0) is 27.2. The zero-order valence-corrected chi connectivity index (χ0v) is 22.5. The summed E-state index contributed by atoms with van der Waals surface area (Å²) in [5, 5.41) is 23.5. The lowest BCUT2D eigenvalue weighted by Crippen LogP contribution is -2.28. The average Bonchev–Trinajstić information content (AvgIpc) is 3.26. The van der Waals surface area contributed by atoms with Crippen LogP contribution in [0.3, 0.4) is 0 Å². The van der Waals surface area contributed by atoms with Gasteiger partial charge in [-0.15, -0.1) is 0 Å². The molecule has 1 N–H and O–H groups in total. The molecule has 0 bridgehead atoms. The Morgan fingerprint density at radius 1 is 1.21 bits per heavy atom. The van der Waals surface area contributed by atoms with Gasteiger partial charge < -0.3 is 9.67 Å². The predicted molar refractivity (Wildman–Crippen MR) is 148 cm³/mol. The molecule has 1 aliphatic rings. The third-order valence-corrected chi connectivity index (χ3v) is 8.29. The maximum absolute atomic E-state index is 12.5. The standard InChI is InChI=1S/C29H28N4O4S/c1-29(2,3)19-15-18(26-21(16-19)25(27(34)35)20-7-5-6-8-22(20)31-26)13-17-9-10-24(23(14-17)33(36)37)38-28-30-11-12-32(28)4/h5-14,19H,15-16H2,1-4H3,(H,34,35). The molecule has 0 saturated heterocycles. The molecule has 0 spiro atoms. The third-order valence-electron chi connectivity index (χ3n) is 7.15. The Hall–Kier alpha value is -3.98. The lowest BCUT2D eigenvalue weighted by Gasteiger charge is -2.36. The number of rotatable bonds is 5. The number of allylic oxidation sites excluding steroid dienone is 1. The van der Waals surface area contributed by atoms with Gasteiger partial charge in [0.15, 0.2) is 5.16 Å². The molecule has 0 fully saturated rings. The van der Waals surface area contributed by atoms with Crippen molar-refractivity contribution < 1.29 is 14.8 Å². The highest BCUT2D eigenvalue weighted by Crippen LogP contribution is 2.45. The van der Waals surface area contributed by atoms with Gasteiger partial charge in [-0.1, -0.05) is 45.0 Å². The number of benzene rings is 2.